The van der Waals surface area contributed by atoms with Crippen LogP contribution in [0.25, 0.3) is 10.9 Å². The molecule has 6 heteroatoms. The van der Waals surface area contributed by atoms with Gasteiger partial charge < -0.3 is 9.47 Å². The number of benzene rings is 1. The summed E-state index contributed by atoms with van der Waals surface area (Å²) < 4.78 is 11.8. The van der Waals surface area contributed by atoms with Gasteiger partial charge in [0, 0.05) is 10.7 Å². The summed E-state index contributed by atoms with van der Waals surface area (Å²) in [6, 6.07) is 7.28. The number of esters is 1. The molecule has 1 aromatic heterocycles. The van der Waals surface area contributed by atoms with E-state index in [2.05, 4.69) is 15.9 Å². The lowest BCUT2D eigenvalue weighted by Crippen LogP contribution is -2.29. The van der Waals surface area contributed by atoms with Gasteiger partial charge in [-0.25, -0.2) is 14.2 Å². The number of hydrogen-bond acceptors (Lipinski definition) is 4. The van der Waals surface area contributed by atoms with Gasteiger partial charge in [0.25, 0.3) is 0 Å². The molecule has 0 bridgehead atoms. The highest BCUT2D eigenvalue weighted by molar-refractivity contribution is 9.08. The summed E-state index contributed by atoms with van der Waals surface area (Å²) in [6.07, 6.45) is -0.595. The molecular weight excluding hydrogens is 362 g/mol. The fourth-order valence-corrected chi connectivity index (χ4v) is 2.56. The van der Waals surface area contributed by atoms with Gasteiger partial charge in [0.05, 0.1) is 12.1 Å². The Hall–Kier alpha value is -1.82. The normalized spacial score (nSPS) is 11.5. The number of fused-ring (bicyclic) bond motifs is 1. The zero-order valence-electron chi connectivity index (χ0n) is 13.7. The second-order valence-corrected chi connectivity index (χ2v) is 6.65. The number of ether oxygens (including phenoxy) is 2. The van der Waals surface area contributed by atoms with Gasteiger partial charge in [0.2, 0.25) is 0 Å². The molecule has 1 aromatic carbocycles. The Morgan fingerprint density at radius 3 is 2.48 bits per heavy atom. The first-order chi connectivity index (χ1) is 10.8. The SMILES string of the molecule is CCOC(=O)c1cc2cc(CBr)ccc2n1C(=O)OC(C)(C)C. The number of alkyl halides is 1. The monoisotopic (exact) mass is 381 g/mol. The Balaban J connectivity index is 2.60. The molecule has 124 valence electrons. The number of rotatable bonds is 3. The fraction of sp³-hybridized carbons (Fsp3) is 0.412. The average Bonchev–Trinajstić information content (AvgIpc) is 2.84. The summed E-state index contributed by atoms with van der Waals surface area (Å²) >= 11 is 3.40. The third kappa shape index (κ3) is 3.93. The van der Waals surface area contributed by atoms with Gasteiger partial charge in [0.1, 0.15) is 11.3 Å². The molecule has 0 aliphatic rings. The topological polar surface area (TPSA) is 57.5 Å². The molecule has 0 atom stereocenters. The number of aromatic nitrogens is 1. The molecule has 2 aromatic rings. The summed E-state index contributed by atoms with van der Waals surface area (Å²) in [5.41, 5.74) is 1.18. The van der Waals surface area contributed by atoms with Crippen molar-refractivity contribution in [2.24, 2.45) is 0 Å². The van der Waals surface area contributed by atoms with Crippen LogP contribution in [0.3, 0.4) is 0 Å². The van der Waals surface area contributed by atoms with Gasteiger partial charge in [-0.2, -0.15) is 0 Å². The Morgan fingerprint density at radius 2 is 1.91 bits per heavy atom. The Labute approximate surface area is 143 Å². The van der Waals surface area contributed by atoms with Crippen molar-refractivity contribution >= 4 is 38.9 Å². The van der Waals surface area contributed by atoms with Crippen molar-refractivity contribution in [1.82, 2.24) is 4.57 Å². The first-order valence-corrected chi connectivity index (χ1v) is 8.49. The van der Waals surface area contributed by atoms with E-state index in [1.165, 1.54) is 4.57 Å². The van der Waals surface area contributed by atoms with Crippen molar-refractivity contribution in [2.45, 2.75) is 38.6 Å². The minimum Gasteiger partial charge on any atom is -0.461 e. The number of carbonyl (C=O) groups excluding carboxylic acids is 2. The first kappa shape index (κ1) is 17.5. The predicted molar refractivity (Wildman–Crippen MR) is 92.2 cm³/mol. The lowest BCUT2D eigenvalue weighted by atomic mass is 10.2. The Bertz CT molecular complexity index is 743. The van der Waals surface area contributed by atoms with E-state index in [4.69, 9.17) is 9.47 Å². The average molecular weight is 382 g/mol. The van der Waals surface area contributed by atoms with Gasteiger partial charge in [-0.3, -0.25) is 0 Å². The highest BCUT2D eigenvalue weighted by Crippen LogP contribution is 2.24. The van der Waals surface area contributed by atoms with Crippen LogP contribution in [0.1, 0.15) is 43.7 Å². The molecule has 0 spiro atoms. The van der Waals surface area contributed by atoms with Crippen molar-refractivity contribution < 1.29 is 19.1 Å². The second-order valence-electron chi connectivity index (χ2n) is 6.09. The summed E-state index contributed by atoms with van der Waals surface area (Å²) in [7, 11) is 0. The van der Waals surface area contributed by atoms with E-state index in [0.717, 1.165) is 10.9 Å². The van der Waals surface area contributed by atoms with Crippen LogP contribution in [-0.2, 0) is 14.8 Å². The molecule has 0 radical (unpaired) electrons. The lowest BCUT2D eigenvalue weighted by Gasteiger charge is -2.20. The van der Waals surface area contributed by atoms with Gasteiger partial charge in [0.15, 0.2) is 0 Å². The fourth-order valence-electron chi connectivity index (χ4n) is 2.21. The third-order valence-electron chi connectivity index (χ3n) is 3.08. The number of nitrogens with zero attached hydrogens (tertiary/aromatic N) is 1. The molecule has 23 heavy (non-hydrogen) atoms. The first-order valence-electron chi connectivity index (χ1n) is 7.37. The largest absolute Gasteiger partial charge is 0.461 e. The molecule has 0 saturated heterocycles. The van der Waals surface area contributed by atoms with E-state index in [1.54, 1.807) is 39.8 Å². The Kier molecular flexibility index (Phi) is 5.14. The molecule has 2 rings (SSSR count). The molecule has 0 amide bonds. The van der Waals surface area contributed by atoms with Crippen molar-refractivity contribution in [3.05, 3.63) is 35.5 Å². The summed E-state index contributed by atoms with van der Waals surface area (Å²) in [6.45, 7) is 7.30. The van der Waals surface area contributed by atoms with E-state index in [9.17, 15) is 9.59 Å². The molecule has 0 N–H and O–H groups in total. The van der Waals surface area contributed by atoms with E-state index in [1.807, 2.05) is 12.1 Å². The molecule has 0 aliphatic carbocycles. The molecule has 5 nitrogen and oxygen atoms in total. The Morgan fingerprint density at radius 1 is 1.22 bits per heavy atom. The lowest BCUT2D eigenvalue weighted by molar-refractivity contribution is 0.0454. The summed E-state index contributed by atoms with van der Waals surface area (Å²) in [4.78, 5) is 24.7. The van der Waals surface area contributed by atoms with E-state index in [-0.39, 0.29) is 12.3 Å². The van der Waals surface area contributed by atoms with Crippen LogP contribution in [0, 0.1) is 0 Å². The highest BCUT2D eigenvalue weighted by Gasteiger charge is 2.25. The maximum absolute atomic E-state index is 12.5. The van der Waals surface area contributed by atoms with E-state index in [0.29, 0.717) is 10.8 Å². The maximum Gasteiger partial charge on any atom is 0.419 e. The van der Waals surface area contributed by atoms with Crippen LogP contribution in [-0.4, -0.2) is 28.8 Å². The number of carbonyl (C=O) groups is 2. The minimum absolute atomic E-state index is 0.169. The highest BCUT2D eigenvalue weighted by atomic mass is 79.9. The zero-order valence-corrected chi connectivity index (χ0v) is 15.3. The van der Waals surface area contributed by atoms with Crippen LogP contribution in [0.2, 0.25) is 0 Å². The number of hydrogen-bond donors (Lipinski definition) is 0. The summed E-state index contributed by atoms with van der Waals surface area (Å²) in [5, 5.41) is 1.48. The summed E-state index contributed by atoms with van der Waals surface area (Å²) in [5.74, 6) is -0.546. The van der Waals surface area contributed by atoms with E-state index < -0.39 is 17.7 Å². The molecule has 0 fully saturated rings. The second kappa shape index (κ2) is 6.74. The van der Waals surface area contributed by atoms with Crippen LogP contribution >= 0.6 is 15.9 Å². The van der Waals surface area contributed by atoms with Gasteiger partial charge >= 0.3 is 12.1 Å². The van der Waals surface area contributed by atoms with Crippen molar-refractivity contribution in [2.75, 3.05) is 6.61 Å². The predicted octanol–water partition coefficient (Wildman–Crippen LogP) is 4.50. The van der Waals surface area contributed by atoms with Gasteiger partial charge in [-0.1, -0.05) is 22.0 Å². The zero-order chi connectivity index (χ0) is 17.2. The van der Waals surface area contributed by atoms with Crippen LogP contribution < -0.4 is 0 Å². The van der Waals surface area contributed by atoms with Crippen LogP contribution in [0.15, 0.2) is 24.3 Å². The molecule has 1 heterocycles. The van der Waals surface area contributed by atoms with Crippen molar-refractivity contribution in [3.8, 4) is 0 Å². The van der Waals surface area contributed by atoms with Crippen LogP contribution in [0.5, 0.6) is 0 Å². The molecule has 0 aliphatic heterocycles. The maximum atomic E-state index is 12.5. The van der Waals surface area contributed by atoms with E-state index >= 15 is 0 Å². The standard InChI is InChI=1S/C17H20BrNO4/c1-5-22-15(20)14-9-12-8-11(10-18)6-7-13(12)19(14)16(21)23-17(2,3)4/h6-9H,5,10H2,1-4H3. The number of halogens is 1. The molecule has 0 saturated carbocycles. The minimum atomic E-state index is -0.657. The van der Waals surface area contributed by atoms with Crippen molar-refractivity contribution in [1.29, 1.82) is 0 Å². The molecule has 0 unspecified atom stereocenters. The quantitative estimate of drug-likeness (QED) is 0.580. The smallest absolute Gasteiger partial charge is 0.419 e. The third-order valence-corrected chi connectivity index (χ3v) is 3.73. The van der Waals surface area contributed by atoms with Gasteiger partial charge in [-0.05, 0) is 51.5 Å². The van der Waals surface area contributed by atoms with Crippen molar-refractivity contribution in [3.63, 3.8) is 0 Å². The molecular formula is C17H20BrNO4. The van der Waals surface area contributed by atoms with Gasteiger partial charge in [-0.15, -0.1) is 0 Å². The van der Waals surface area contributed by atoms with Crippen LogP contribution in [0.4, 0.5) is 4.79 Å².